The van der Waals surface area contributed by atoms with E-state index in [0.717, 1.165) is 64.2 Å². The van der Waals surface area contributed by atoms with E-state index in [1.54, 1.807) is 0 Å². The number of esters is 1. The van der Waals surface area contributed by atoms with Gasteiger partial charge in [0.15, 0.2) is 6.10 Å². The Morgan fingerprint density at radius 3 is 1.35 bits per heavy atom. The molecule has 0 radical (unpaired) electrons. The zero-order valence-electron chi connectivity index (χ0n) is 28.3. The molecule has 0 bridgehead atoms. The highest BCUT2D eigenvalue weighted by atomic mass is 16.6. The summed E-state index contributed by atoms with van der Waals surface area (Å²) in [5.41, 5.74) is 0. The van der Waals surface area contributed by atoms with E-state index in [2.05, 4.69) is 62.5 Å². The lowest BCUT2D eigenvalue weighted by molar-refractivity contribution is -0.164. The van der Waals surface area contributed by atoms with E-state index in [-0.39, 0.29) is 5.97 Å². The van der Waals surface area contributed by atoms with Crippen molar-refractivity contribution in [1.29, 1.82) is 0 Å². The van der Waals surface area contributed by atoms with Crippen molar-refractivity contribution in [3.63, 3.8) is 0 Å². The first-order valence-electron chi connectivity index (χ1n) is 18.1. The van der Waals surface area contributed by atoms with Crippen LogP contribution < -0.4 is 0 Å². The molecule has 0 heterocycles. The lowest BCUT2D eigenvalue weighted by Crippen LogP contribution is -2.27. The molecule has 0 rings (SSSR count). The molecular formula is C39H68O4. The number of aliphatic carboxylic acids is 1. The predicted molar refractivity (Wildman–Crippen MR) is 185 cm³/mol. The lowest BCUT2D eigenvalue weighted by atomic mass is 10.0. The number of hydrogen-bond donors (Lipinski definition) is 1. The smallest absolute Gasteiger partial charge is 0.345 e. The van der Waals surface area contributed by atoms with E-state index in [9.17, 15) is 14.7 Å². The topological polar surface area (TPSA) is 63.6 Å². The molecule has 0 spiro atoms. The van der Waals surface area contributed by atoms with Crippen LogP contribution in [0.3, 0.4) is 0 Å². The van der Waals surface area contributed by atoms with Crippen LogP contribution in [0.4, 0.5) is 0 Å². The molecule has 248 valence electrons. The fourth-order valence-electron chi connectivity index (χ4n) is 5.07. The summed E-state index contributed by atoms with van der Waals surface area (Å²) in [4.78, 5) is 23.7. The van der Waals surface area contributed by atoms with Gasteiger partial charge in [0.05, 0.1) is 0 Å². The number of unbranched alkanes of at least 4 members (excludes halogenated alkanes) is 18. The average Bonchev–Trinajstić information content (AvgIpc) is 3.00. The van der Waals surface area contributed by atoms with E-state index >= 15 is 0 Å². The molecule has 0 aromatic rings. The van der Waals surface area contributed by atoms with E-state index < -0.39 is 12.1 Å². The maximum absolute atomic E-state index is 12.2. The van der Waals surface area contributed by atoms with Gasteiger partial charge in [-0.2, -0.15) is 0 Å². The van der Waals surface area contributed by atoms with Crippen molar-refractivity contribution in [3.8, 4) is 0 Å². The van der Waals surface area contributed by atoms with Gasteiger partial charge >= 0.3 is 11.9 Å². The fraction of sp³-hybridized carbons (Fsp3) is 0.744. The number of carboxylic acids is 1. The zero-order chi connectivity index (χ0) is 31.5. The molecule has 4 heteroatoms. The predicted octanol–water partition coefficient (Wildman–Crippen LogP) is 12.4. The maximum atomic E-state index is 12.2. The van der Waals surface area contributed by atoms with Gasteiger partial charge in [-0.15, -0.1) is 0 Å². The Labute approximate surface area is 266 Å². The van der Waals surface area contributed by atoms with Gasteiger partial charge in [0.2, 0.25) is 0 Å². The van der Waals surface area contributed by atoms with E-state index in [1.807, 2.05) is 0 Å². The summed E-state index contributed by atoms with van der Waals surface area (Å²) < 4.78 is 5.29. The number of allylic oxidation sites excluding steroid dienone is 8. The molecule has 0 saturated carbocycles. The van der Waals surface area contributed by atoms with Crippen LogP contribution in [0.2, 0.25) is 0 Å². The Bertz CT molecular complexity index is 734. The Morgan fingerprint density at radius 2 is 0.884 bits per heavy atom. The van der Waals surface area contributed by atoms with Crippen LogP contribution >= 0.6 is 0 Å². The minimum Gasteiger partial charge on any atom is -0.479 e. The third kappa shape index (κ3) is 32.6. The number of carboxylic acid groups (broad SMARTS) is 1. The number of rotatable bonds is 32. The van der Waals surface area contributed by atoms with Crippen molar-refractivity contribution in [2.24, 2.45) is 0 Å². The quantitative estimate of drug-likeness (QED) is 0.0474. The largest absolute Gasteiger partial charge is 0.479 e. The Morgan fingerprint density at radius 1 is 0.512 bits per heavy atom. The van der Waals surface area contributed by atoms with Crippen molar-refractivity contribution >= 4 is 11.9 Å². The lowest BCUT2D eigenvalue weighted by Gasteiger charge is -2.13. The van der Waals surface area contributed by atoms with Crippen molar-refractivity contribution in [3.05, 3.63) is 48.6 Å². The summed E-state index contributed by atoms with van der Waals surface area (Å²) >= 11 is 0. The van der Waals surface area contributed by atoms with E-state index in [4.69, 9.17) is 4.74 Å². The summed E-state index contributed by atoms with van der Waals surface area (Å²) in [6.45, 7) is 4.49. The molecule has 1 unspecified atom stereocenters. The van der Waals surface area contributed by atoms with Gasteiger partial charge in [-0.05, 0) is 64.2 Å². The number of ether oxygens (including phenoxy) is 1. The van der Waals surface area contributed by atoms with E-state index in [1.165, 1.54) is 89.9 Å². The molecule has 0 amide bonds. The second kappa shape index (κ2) is 34.4. The SMILES string of the molecule is CCCCC/C=C\C/C=C\C/C=C\C/C=C\CCCCCC(=O)OC(CCCCCCCCCCCCCCC)C(=O)O. The standard InChI is InChI=1S/C39H68O4/c1-3-5-7-9-11-13-15-17-18-19-20-21-22-24-26-28-30-32-34-36-38(40)43-37(39(41)42)35-33-31-29-27-25-23-16-14-12-10-8-6-4-2/h11,13,17-18,20-21,24,26,37H,3-10,12,14-16,19,22-23,25,27-36H2,1-2H3,(H,41,42)/b13-11-,18-17-,21-20-,26-24-. The van der Waals surface area contributed by atoms with Crippen LogP contribution in [-0.4, -0.2) is 23.1 Å². The third-order valence-electron chi connectivity index (χ3n) is 7.83. The molecule has 1 atom stereocenters. The second-order valence-electron chi connectivity index (χ2n) is 12.0. The molecule has 0 aromatic carbocycles. The highest BCUT2D eigenvalue weighted by Gasteiger charge is 2.21. The summed E-state index contributed by atoms with van der Waals surface area (Å²) in [6.07, 6.45) is 45.6. The minimum absolute atomic E-state index is 0.303. The molecule has 0 aromatic heterocycles. The minimum atomic E-state index is -1.02. The van der Waals surface area contributed by atoms with Crippen LogP contribution in [0.15, 0.2) is 48.6 Å². The highest BCUT2D eigenvalue weighted by molar-refractivity contribution is 5.77. The van der Waals surface area contributed by atoms with Crippen LogP contribution in [-0.2, 0) is 14.3 Å². The maximum Gasteiger partial charge on any atom is 0.345 e. The monoisotopic (exact) mass is 601 g/mol. The number of carbonyl (C=O) groups excluding carboxylic acids is 1. The zero-order valence-corrected chi connectivity index (χ0v) is 28.3. The normalized spacial score (nSPS) is 12.8. The van der Waals surface area contributed by atoms with Gasteiger partial charge < -0.3 is 9.84 Å². The average molecular weight is 601 g/mol. The second-order valence-corrected chi connectivity index (χ2v) is 12.0. The van der Waals surface area contributed by atoms with Crippen molar-refractivity contribution in [1.82, 2.24) is 0 Å². The molecule has 0 saturated heterocycles. The van der Waals surface area contributed by atoms with Crippen LogP contribution in [0.5, 0.6) is 0 Å². The van der Waals surface area contributed by atoms with Crippen molar-refractivity contribution < 1.29 is 19.4 Å². The number of carbonyl (C=O) groups is 2. The molecule has 0 aliphatic heterocycles. The Kier molecular flexibility index (Phi) is 32.7. The molecule has 43 heavy (non-hydrogen) atoms. The third-order valence-corrected chi connectivity index (χ3v) is 7.83. The Balaban J connectivity index is 3.68. The van der Waals surface area contributed by atoms with Gasteiger partial charge in [0.1, 0.15) is 0 Å². The van der Waals surface area contributed by atoms with E-state index in [0.29, 0.717) is 12.8 Å². The van der Waals surface area contributed by atoms with Crippen LogP contribution in [0.1, 0.15) is 181 Å². The molecule has 0 aliphatic carbocycles. The first-order chi connectivity index (χ1) is 21.1. The van der Waals surface area contributed by atoms with Crippen molar-refractivity contribution in [2.45, 2.75) is 187 Å². The summed E-state index contributed by atoms with van der Waals surface area (Å²) in [5, 5.41) is 9.45. The van der Waals surface area contributed by atoms with Gasteiger partial charge in [-0.3, -0.25) is 4.79 Å². The Hall–Kier alpha value is -2.10. The van der Waals surface area contributed by atoms with Gasteiger partial charge in [0, 0.05) is 6.42 Å². The molecule has 4 nitrogen and oxygen atoms in total. The molecule has 0 fully saturated rings. The summed E-state index contributed by atoms with van der Waals surface area (Å²) in [5.74, 6) is -1.40. The van der Waals surface area contributed by atoms with Gasteiger partial charge in [-0.25, -0.2) is 4.79 Å². The molecule has 1 N–H and O–H groups in total. The van der Waals surface area contributed by atoms with Gasteiger partial charge in [0.25, 0.3) is 0 Å². The van der Waals surface area contributed by atoms with Gasteiger partial charge in [-0.1, -0.05) is 159 Å². The van der Waals surface area contributed by atoms with Crippen molar-refractivity contribution in [2.75, 3.05) is 0 Å². The first kappa shape index (κ1) is 40.9. The van der Waals surface area contributed by atoms with Crippen LogP contribution in [0, 0.1) is 0 Å². The highest BCUT2D eigenvalue weighted by Crippen LogP contribution is 2.15. The van der Waals surface area contributed by atoms with Crippen LogP contribution in [0.25, 0.3) is 0 Å². The summed E-state index contributed by atoms with van der Waals surface area (Å²) in [6, 6.07) is 0. The number of hydrogen-bond acceptors (Lipinski definition) is 3. The fourth-order valence-corrected chi connectivity index (χ4v) is 5.07. The molecular weight excluding hydrogens is 532 g/mol. The molecule has 0 aliphatic rings. The summed E-state index contributed by atoms with van der Waals surface area (Å²) in [7, 11) is 0. The first-order valence-corrected chi connectivity index (χ1v) is 18.1.